The lowest BCUT2D eigenvalue weighted by Gasteiger charge is -2.23. The number of hydrogen-bond acceptors (Lipinski definition) is 3. The van der Waals surface area contributed by atoms with Gasteiger partial charge in [0.05, 0.1) is 12.2 Å². The molecule has 0 amide bonds. The zero-order chi connectivity index (χ0) is 23.5. The van der Waals surface area contributed by atoms with Crippen LogP contribution in [0.1, 0.15) is 102 Å². The summed E-state index contributed by atoms with van der Waals surface area (Å²) in [5.74, 6) is 0.353. The second-order valence-corrected chi connectivity index (χ2v) is 10.4. The van der Waals surface area contributed by atoms with E-state index in [4.69, 9.17) is 27.9 Å². The van der Waals surface area contributed by atoms with E-state index in [1.807, 2.05) is 26.0 Å². The lowest BCUT2D eigenvalue weighted by molar-refractivity contribution is -0.147. The standard InChI is InChI=1S/C27H40Cl2O3/c1-4-5-8-12-25(30)20-14-16-21(17-15-20)27-22(23(28)18-24(27)29)11-9-6-7-10-13-26(31)32-19(2)3/h6,9,14-17,19,22-25,27,30H,4-5,7-8,10-13,18H2,1-3H3/b9-6-/t22-,23-,24+,25?,27+/m0/s1. The lowest BCUT2D eigenvalue weighted by Crippen LogP contribution is -2.16. The molecule has 0 bridgehead atoms. The molecule has 180 valence electrons. The van der Waals surface area contributed by atoms with E-state index in [0.29, 0.717) is 6.42 Å². The number of aliphatic hydroxyl groups is 1. The van der Waals surface area contributed by atoms with Gasteiger partial charge in [0.1, 0.15) is 0 Å². The molecule has 1 N–H and O–H groups in total. The first-order chi connectivity index (χ1) is 15.3. The monoisotopic (exact) mass is 482 g/mol. The number of alkyl halides is 2. The number of aliphatic hydroxyl groups excluding tert-OH is 1. The third kappa shape index (κ3) is 8.72. The van der Waals surface area contributed by atoms with Gasteiger partial charge in [0, 0.05) is 23.1 Å². The number of benzene rings is 1. The molecular weight excluding hydrogens is 443 g/mol. The highest BCUT2D eigenvalue weighted by molar-refractivity contribution is 6.25. The molecule has 1 unspecified atom stereocenters. The molecule has 0 spiro atoms. The summed E-state index contributed by atoms with van der Waals surface area (Å²) in [5.41, 5.74) is 2.18. The fourth-order valence-electron chi connectivity index (χ4n) is 4.53. The molecule has 0 radical (unpaired) electrons. The quantitative estimate of drug-likeness (QED) is 0.135. The molecular formula is C27H40Cl2O3. The van der Waals surface area contributed by atoms with Crippen LogP contribution in [0, 0.1) is 5.92 Å². The third-order valence-corrected chi connectivity index (χ3v) is 7.20. The number of allylic oxidation sites excluding steroid dienone is 2. The Morgan fingerprint density at radius 3 is 2.50 bits per heavy atom. The Kier molecular flexibility index (Phi) is 12.1. The lowest BCUT2D eigenvalue weighted by atomic mass is 9.85. The maximum absolute atomic E-state index is 11.6. The van der Waals surface area contributed by atoms with E-state index >= 15 is 0 Å². The van der Waals surface area contributed by atoms with Crippen molar-refractivity contribution in [1.29, 1.82) is 0 Å². The van der Waals surface area contributed by atoms with Crippen molar-refractivity contribution in [3.8, 4) is 0 Å². The summed E-state index contributed by atoms with van der Waals surface area (Å²) < 4.78 is 5.16. The topological polar surface area (TPSA) is 46.5 Å². The van der Waals surface area contributed by atoms with E-state index in [-0.39, 0.29) is 34.7 Å². The van der Waals surface area contributed by atoms with Gasteiger partial charge in [0.25, 0.3) is 0 Å². The van der Waals surface area contributed by atoms with Gasteiger partial charge in [0.2, 0.25) is 0 Å². The second kappa shape index (κ2) is 14.3. The van der Waals surface area contributed by atoms with E-state index in [9.17, 15) is 9.90 Å². The normalized spacial score (nSPS) is 24.3. The number of esters is 1. The predicted molar refractivity (Wildman–Crippen MR) is 135 cm³/mol. The minimum Gasteiger partial charge on any atom is -0.463 e. The fraction of sp³-hybridized carbons (Fsp3) is 0.667. The zero-order valence-electron chi connectivity index (χ0n) is 19.8. The number of halogens is 2. The molecule has 32 heavy (non-hydrogen) atoms. The summed E-state index contributed by atoms with van der Waals surface area (Å²) in [6.45, 7) is 5.91. The fourth-order valence-corrected chi connectivity index (χ4v) is 5.60. The van der Waals surface area contributed by atoms with E-state index in [0.717, 1.165) is 56.9 Å². The van der Waals surface area contributed by atoms with Crippen LogP contribution >= 0.6 is 23.2 Å². The molecule has 3 nitrogen and oxygen atoms in total. The molecule has 5 atom stereocenters. The van der Waals surface area contributed by atoms with Crippen LogP contribution < -0.4 is 0 Å². The van der Waals surface area contributed by atoms with Crippen LogP contribution in [0.15, 0.2) is 36.4 Å². The molecule has 2 rings (SSSR count). The van der Waals surface area contributed by atoms with Crippen molar-refractivity contribution in [2.75, 3.05) is 0 Å². The number of unbranched alkanes of at least 4 members (excludes halogenated alkanes) is 3. The average Bonchev–Trinajstić information content (AvgIpc) is 3.03. The maximum Gasteiger partial charge on any atom is 0.306 e. The van der Waals surface area contributed by atoms with Gasteiger partial charge in [-0.15, -0.1) is 23.2 Å². The first kappa shape index (κ1) is 27.2. The molecule has 1 aliphatic rings. The van der Waals surface area contributed by atoms with Gasteiger partial charge in [0.15, 0.2) is 0 Å². The van der Waals surface area contributed by atoms with Gasteiger partial charge in [-0.3, -0.25) is 4.79 Å². The van der Waals surface area contributed by atoms with E-state index < -0.39 is 6.10 Å². The Bertz CT molecular complexity index is 701. The largest absolute Gasteiger partial charge is 0.463 e. The molecule has 0 aliphatic heterocycles. The summed E-state index contributed by atoms with van der Waals surface area (Å²) in [7, 11) is 0. The van der Waals surface area contributed by atoms with Gasteiger partial charge in [-0.2, -0.15) is 0 Å². The molecule has 1 saturated carbocycles. The van der Waals surface area contributed by atoms with Gasteiger partial charge in [-0.1, -0.05) is 62.6 Å². The summed E-state index contributed by atoms with van der Waals surface area (Å²) >= 11 is 13.4. The summed E-state index contributed by atoms with van der Waals surface area (Å²) in [6, 6.07) is 8.31. The first-order valence-corrected chi connectivity index (χ1v) is 13.1. The average molecular weight is 484 g/mol. The Hall–Kier alpha value is -1.03. The third-order valence-electron chi connectivity index (χ3n) is 6.25. The Morgan fingerprint density at radius 2 is 1.84 bits per heavy atom. The molecule has 0 heterocycles. The summed E-state index contributed by atoms with van der Waals surface area (Å²) in [6.07, 6.45) is 11.8. The minimum atomic E-state index is -0.400. The zero-order valence-corrected chi connectivity index (χ0v) is 21.3. The van der Waals surface area contributed by atoms with Gasteiger partial charge in [-0.25, -0.2) is 0 Å². The first-order valence-electron chi connectivity index (χ1n) is 12.2. The van der Waals surface area contributed by atoms with Crippen LogP contribution in [0.3, 0.4) is 0 Å². The van der Waals surface area contributed by atoms with Gasteiger partial charge in [-0.05, 0) is 63.0 Å². The molecule has 1 fully saturated rings. The number of hydrogen-bond donors (Lipinski definition) is 1. The van der Waals surface area contributed by atoms with E-state index in [2.05, 4.69) is 31.2 Å². The van der Waals surface area contributed by atoms with Crippen LogP contribution in [0.5, 0.6) is 0 Å². The van der Waals surface area contributed by atoms with Crippen molar-refractivity contribution in [2.24, 2.45) is 5.92 Å². The van der Waals surface area contributed by atoms with Crippen LogP contribution in [0.2, 0.25) is 0 Å². The second-order valence-electron chi connectivity index (χ2n) is 9.27. The molecule has 1 aliphatic carbocycles. The Labute approximate surface area is 204 Å². The number of rotatable bonds is 13. The molecule has 1 aromatic carbocycles. The van der Waals surface area contributed by atoms with Crippen molar-refractivity contribution < 1.29 is 14.6 Å². The Balaban J connectivity index is 1.89. The van der Waals surface area contributed by atoms with Crippen LogP contribution in [-0.2, 0) is 9.53 Å². The van der Waals surface area contributed by atoms with Crippen molar-refractivity contribution in [2.45, 2.75) is 107 Å². The maximum atomic E-state index is 11.6. The van der Waals surface area contributed by atoms with Gasteiger partial charge >= 0.3 is 5.97 Å². The van der Waals surface area contributed by atoms with Crippen molar-refractivity contribution >= 4 is 29.2 Å². The molecule has 0 aromatic heterocycles. The van der Waals surface area contributed by atoms with Crippen molar-refractivity contribution in [3.63, 3.8) is 0 Å². The summed E-state index contributed by atoms with van der Waals surface area (Å²) in [5, 5.41) is 10.5. The van der Waals surface area contributed by atoms with Crippen LogP contribution in [0.4, 0.5) is 0 Å². The van der Waals surface area contributed by atoms with E-state index in [1.165, 1.54) is 5.56 Å². The van der Waals surface area contributed by atoms with Crippen LogP contribution in [0.25, 0.3) is 0 Å². The van der Waals surface area contributed by atoms with Crippen molar-refractivity contribution in [3.05, 3.63) is 47.5 Å². The van der Waals surface area contributed by atoms with Gasteiger partial charge < -0.3 is 9.84 Å². The molecule has 1 aromatic rings. The van der Waals surface area contributed by atoms with Crippen LogP contribution in [-0.4, -0.2) is 27.9 Å². The summed E-state index contributed by atoms with van der Waals surface area (Å²) in [4.78, 5) is 11.6. The van der Waals surface area contributed by atoms with E-state index in [1.54, 1.807) is 0 Å². The highest BCUT2D eigenvalue weighted by atomic mass is 35.5. The molecule has 0 saturated heterocycles. The number of ether oxygens (including phenoxy) is 1. The van der Waals surface area contributed by atoms with Crippen molar-refractivity contribution in [1.82, 2.24) is 0 Å². The SMILES string of the molecule is CCCCCC(O)c1ccc([C@@H]2[C@@H](C/C=C\CCCC(=O)OC(C)C)[C@@H](Cl)C[C@H]2Cl)cc1. The predicted octanol–water partition coefficient (Wildman–Crippen LogP) is 7.69. The number of carbonyl (C=O) groups is 1. The highest BCUT2D eigenvalue weighted by Crippen LogP contribution is 2.47. The number of carbonyl (C=O) groups excluding carboxylic acids is 1. The Morgan fingerprint density at radius 1 is 1.12 bits per heavy atom. The highest BCUT2D eigenvalue weighted by Gasteiger charge is 2.41. The minimum absolute atomic E-state index is 0.0158. The smallest absolute Gasteiger partial charge is 0.306 e. The molecule has 5 heteroatoms.